The summed E-state index contributed by atoms with van der Waals surface area (Å²) in [6, 6.07) is 0. The molecule has 0 aromatic carbocycles. The van der Waals surface area contributed by atoms with Crippen LogP contribution in [0.1, 0.15) is 27.1 Å². The lowest BCUT2D eigenvalue weighted by Gasteiger charge is -2.12. The highest BCUT2D eigenvalue weighted by atomic mass is 31.1. The molecule has 0 N–H and O–H groups in total. The van der Waals surface area contributed by atoms with E-state index in [2.05, 4.69) is 0 Å². The maximum absolute atomic E-state index is 11.8. The fourth-order valence-electron chi connectivity index (χ4n) is 1.42. The summed E-state index contributed by atoms with van der Waals surface area (Å²) in [5.74, 6) is 0. The Balaban J connectivity index is -0.000000425. The summed E-state index contributed by atoms with van der Waals surface area (Å²) in [5.41, 5.74) is 1.09. The molecule has 0 aliphatic carbocycles. The molecule has 0 fully saturated rings. The average molecular weight is 226 g/mol. The van der Waals surface area contributed by atoms with Gasteiger partial charge in [-0.25, -0.2) is 4.79 Å². The molecule has 0 bridgehead atoms. The molecule has 1 rings (SSSR count). The summed E-state index contributed by atoms with van der Waals surface area (Å²) in [5, 5.41) is 0. The van der Waals surface area contributed by atoms with E-state index in [1.807, 2.05) is 13.6 Å². The Morgan fingerprint density at radius 3 is 2.43 bits per heavy atom. The smallest absolute Gasteiger partial charge is 0.279 e. The predicted octanol–water partition coefficient (Wildman–Crippen LogP) is 1.46. The van der Waals surface area contributed by atoms with Crippen LogP contribution in [0.5, 0.6) is 0 Å². The number of hydrogen-bond acceptors (Lipinski definition) is 2. The van der Waals surface area contributed by atoms with Gasteiger partial charge in [-0.2, -0.15) is 0 Å². The Labute approximate surface area is 93.7 Å². The largest absolute Gasteiger partial charge is 0.334 e. The van der Waals surface area contributed by atoms with Crippen LogP contribution in [0.15, 0.2) is 9.59 Å². The Morgan fingerprint density at radius 1 is 1.43 bits per heavy atom. The van der Waals surface area contributed by atoms with E-state index in [4.69, 9.17) is 8.91 Å². The van der Waals surface area contributed by atoms with Gasteiger partial charge >= 0.3 is 5.69 Å². The molecule has 5 heteroatoms. The standard InChI is InChI=1S/C9H15N2O2P.3H2/c1-5-10-8(12)6(2)7(3)11(14-4)9(10)13;;;/h14H,5H2,1-4H3;3*1H/i;3*1+1D. The van der Waals surface area contributed by atoms with Crippen LogP contribution in [-0.4, -0.2) is 15.6 Å². The van der Waals surface area contributed by atoms with Crippen molar-refractivity contribution >= 4 is 8.73 Å². The van der Waals surface area contributed by atoms with Crippen molar-refractivity contribution in [2.75, 3.05) is 6.66 Å². The van der Waals surface area contributed by atoms with Crippen molar-refractivity contribution in [2.24, 2.45) is 0 Å². The van der Waals surface area contributed by atoms with Gasteiger partial charge in [-0.1, -0.05) is 0 Å². The first-order valence-electron chi connectivity index (χ1n) is 7.55. The number of aromatic nitrogens is 2. The summed E-state index contributed by atoms with van der Waals surface area (Å²) < 4.78 is 32.9. The zero-order chi connectivity index (χ0) is 16.9. The molecule has 0 aliphatic rings. The van der Waals surface area contributed by atoms with Gasteiger partial charge in [0, 0.05) is 26.7 Å². The number of rotatable bonds is 2. The second kappa shape index (κ2) is 4.09. The highest BCUT2D eigenvalue weighted by molar-refractivity contribution is 7.35. The zero-order valence-corrected chi connectivity index (χ0v) is 9.92. The third kappa shape index (κ3) is 1.55. The third-order valence-electron chi connectivity index (χ3n) is 2.41. The molecular formula is C9H21N2O2P. The van der Waals surface area contributed by atoms with Crippen molar-refractivity contribution in [1.82, 2.24) is 8.90 Å². The fourth-order valence-corrected chi connectivity index (χ4v) is 2.23. The first kappa shape index (κ1) is 7.41. The Hall–Kier alpha value is -0.890. The first-order valence-corrected chi connectivity index (χ1v) is 6.00. The highest BCUT2D eigenvalue weighted by Crippen LogP contribution is 2.09. The fraction of sp³-hybridized carbons (Fsp3) is 0.556. The van der Waals surface area contributed by atoms with Gasteiger partial charge in [-0.3, -0.25) is 13.7 Å². The molecule has 1 aromatic rings. The van der Waals surface area contributed by atoms with E-state index in [0.29, 0.717) is 20.8 Å². The van der Waals surface area contributed by atoms with Crippen molar-refractivity contribution in [2.45, 2.75) is 27.3 Å². The van der Waals surface area contributed by atoms with E-state index in [-0.39, 0.29) is 11.2 Å². The second-order valence-corrected chi connectivity index (χ2v) is 4.00. The van der Waals surface area contributed by atoms with Gasteiger partial charge in [0.05, 0.1) is 0 Å². The lowest BCUT2D eigenvalue weighted by Crippen LogP contribution is -2.39. The minimum atomic E-state index is -0.193. The SMILES string of the molecule is CCn1c(=O)c(C)c(C)n(PC)c1=O.[2H][2H].[2H][2H].[2H][2H]. The Kier molecular flexibility index (Phi) is 2.17. The Bertz CT molecular complexity index is 477. The van der Waals surface area contributed by atoms with Crippen LogP contribution in [0.25, 0.3) is 0 Å². The van der Waals surface area contributed by atoms with Gasteiger partial charge in [-0.05, 0) is 36.2 Å². The third-order valence-corrected chi connectivity index (χ3v) is 3.38. The minimum absolute atomic E-state index is 0.162. The highest BCUT2D eigenvalue weighted by Gasteiger charge is 2.10. The minimum Gasteiger partial charge on any atom is -0.279 e. The molecule has 84 valence electrons. The normalized spacial score (nSPS) is 13.1. The van der Waals surface area contributed by atoms with Crippen LogP contribution < -0.4 is 11.2 Å². The van der Waals surface area contributed by atoms with Crippen molar-refractivity contribution in [3.63, 3.8) is 0 Å². The molecule has 4 nitrogen and oxygen atoms in total. The van der Waals surface area contributed by atoms with Crippen LogP contribution in [-0.2, 0) is 6.54 Å². The molecule has 0 aliphatic heterocycles. The average Bonchev–Trinajstić information content (AvgIpc) is 2.52. The summed E-state index contributed by atoms with van der Waals surface area (Å²) in [4.78, 5) is 23.4. The molecule has 1 heterocycles. The zero-order valence-electron chi connectivity index (χ0n) is 14.9. The van der Waals surface area contributed by atoms with E-state index in [1.54, 1.807) is 18.2 Å². The second-order valence-electron chi connectivity index (χ2n) is 3.10. The van der Waals surface area contributed by atoms with Gasteiger partial charge in [0.25, 0.3) is 5.56 Å². The maximum atomic E-state index is 11.8. The van der Waals surface area contributed by atoms with E-state index in [1.165, 1.54) is 4.57 Å². The molecule has 14 heavy (non-hydrogen) atoms. The molecule has 0 radical (unpaired) electrons. The van der Waals surface area contributed by atoms with Crippen LogP contribution in [0.2, 0.25) is 0 Å². The van der Waals surface area contributed by atoms with Crippen LogP contribution >= 0.6 is 8.73 Å². The maximum Gasteiger partial charge on any atom is 0.334 e. The number of nitrogens with zero attached hydrogens (tertiary/aromatic N) is 2. The van der Waals surface area contributed by atoms with Gasteiger partial charge < -0.3 is 0 Å². The molecule has 0 saturated heterocycles. The van der Waals surface area contributed by atoms with Crippen molar-refractivity contribution < 1.29 is 8.91 Å². The van der Waals surface area contributed by atoms with Gasteiger partial charge in [0.15, 0.2) is 0 Å². The monoisotopic (exact) mass is 226 g/mol. The summed E-state index contributed by atoms with van der Waals surface area (Å²) >= 11 is 0. The van der Waals surface area contributed by atoms with Crippen molar-refractivity contribution in [3.8, 4) is 0 Å². The van der Waals surface area contributed by atoms with Crippen molar-refractivity contribution in [1.29, 1.82) is 0 Å². The first-order chi connectivity index (χ1) is 9.54. The lowest BCUT2D eigenvalue weighted by molar-refractivity contribution is 0.649. The molecular weight excluding hydrogens is 199 g/mol. The number of hydrogen-bond donors (Lipinski definition) is 0. The summed E-state index contributed by atoms with van der Waals surface area (Å²) in [6.45, 7) is 7.75. The predicted molar refractivity (Wildman–Crippen MR) is 66.1 cm³/mol. The van der Waals surface area contributed by atoms with Gasteiger partial charge in [0.2, 0.25) is 0 Å². The molecule has 0 amide bonds. The molecule has 1 atom stereocenters. The molecule has 1 aromatic heterocycles. The Morgan fingerprint density at radius 2 is 2.00 bits per heavy atom. The van der Waals surface area contributed by atoms with Gasteiger partial charge in [0.1, 0.15) is 0 Å². The molecule has 0 saturated carbocycles. The summed E-state index contributed by atoms with van der Waals surface area (Å²) in [7, 11) is 0.364. The topological polar surface area (TPSA) is 44.0 Å². The van der Waals surface area contributed by atoms with E-state index in [0.717, 1.165) is 5.69 Å². The van der Waals surface area contributed by atoms with Crippen molar-refractivity contribution in [3.05, 3.63) is 32.1 Å². The summed E-state index contributed by atoms with van der Waals surface area (Å²) in [6.07, 6.45) is 0. The quantitative estimate of drug-likeness (QED) is 0.716. The molecule has 0 spiro atoms. The van der Waals surface area contributed by atoms with Gasteiger partial charge in [-0.15, -0.1) is 0 Å². The van der Waals surface area contributed by atoms with E-state index >= 15 is 0 Å². The molecule has 1 unspecified atom stereocenters. The van der Waals surface area contributed by atoms with Crippen LogP contribution in [0.4, 0.5) is 0 Å². The van der Waals surface area contributed by atoms with E-state index in [9.17, 15) is 9.59 Å². The van der Waals surface area contributed by atoms with Crippen LogP contribution in [0, 0.1) is 13.8 Å². The lowest BCUT2D eigenvalue weighted by atomic mass is 10.3. The van der Waals surface area contributed by atoms with E-state index < -0.39 is 0 Å². The van der Waals surface area contributed by atoms with Crippen LogP contribution in [0.3, 0.4) is 0 Å².